The van der Waals surface area contributed by atoms with E-state index in [9.17, 15) is 0 Å². The molecule has 0 saturated heterocycles. The molecule has 0 aliphatic heterocycles. The molecular formula is C16H21ClN4. The van der Waals surface area contributed by atoms with Gasteiger partial charge in [0.1, 0.15) is 17.5 Å². The molecule has 1 aromatic carbocycles. The van der Waals surface area contributed by atoms with Crippen molar-refractivity contribution in [1.82, 2.24) is 9.97 Å². The van der Waals surface area contributed by atoms with E-state index >= 15 is 0 Å². The van der Waals surface area contributed by atoms with Crippen LogP contribution in [0.2, 0.25) is 5.02 Å². The van der Waals surface area contributed by atoms with E-state index in [1.807, 2.05) is 44.3 Å². The Balaban J connectivity index is 2.26. The summed E-state index contributed by atoms with van der Waals surface area (Å²) in [7, 11) is 2.04. The Hall–Kier alpha value is -1.81. The van der Waals surface area contributed by atoms with Crippen molar-refractivity contribution in [3.63, 3.8) is 0 Å². The van der Waals surface area contributed by atoms with E-state index in [-0.39, 0.29) is 6.04 Å². The zero-order valence-corrected chi connectivity index (χ0v) is 13.6. The average Bonchev–Trinajstić information content (AvgIpc) is 2.46. The second-order valence-corrected chi connectivity index (χ2v) is 5.46. The second kappa shape index (κ2) is 6.76. The first-order valence-corrected chi connectivity index (χ1v) is 7.47. The second-order valence-electron chi connectivity index (χ2n) is 5.03. The first kappa shape index (κ1) is 15.6. The topological polar surface area (TPSA) is 41.0 Å². The Morgan fingerprint density at radius 2 is 1.90 bits per heavy atom. The van der Waals surface area contributed by atoms with Gasteiger partial charge in [0.25, 0.3) is 0 Å². The van der Waals surface area contributed by atoms with Crippen LogP contribution < -0.4 is 10.2 Å². The molecule has 0 bridgehead atoms. The normalized spacial score (nSPS) is 12.0. The van der Waals surface area contributed by atoms with Crippen LogP contribution >= 0.6 is 11.6 Å². The smallest absolute Gasteiger partial charge is 0.134 e. The van der Waals surface area contributed by atoms with E-state index in [1.54, 1.807) is 0 Å². The third-order valence-electron chi connectivity index (χ3n) is 3.48. The third-order valence-corrected chi connectivity index (χ3v) is 3.73. The maximum Gasteiger partial charge on any atom is 0.134 e. The highest BCUT2D eigenvalue weighted by atomic mass is 35.5. The summed E-state index contributed by atoms with van der Waals surface area (Å²) in [6.45, 7) is 6.95. The molecule has 4 nitrogen and oxygen atoms in total. The third kappa shape index (κ3) is 3.85. The lowest BCUT2D eigenvalue weighted by molar-refractivity contribution is 0.725. The van der Waals surface area contributed by atoms with Gasteiger partial charge in [-0.05, 0) is 38.5 Å². The lowest BCUT2D eigenvalue weighted by atomic mass is 10.1. The van der Waals surface area contributed by atoms with Crippen LogP contribution in [-0.4, -0.2) is 23.6 Å². The van der Waals surface area contributed by atoms with Gasteiger partial charge in [-0.1, -0.05) is 23.7 Å². The largest absolute Gasteiger partial charge is 0.370 e. The molecule has 1 aromatic heterocycles. The van der Waals surface area contributed by atoms with Crippen LogP contribution in [-0.2, 0) is 0 Å². The Morgan fingerprint density at radius 3 is 2.52 bits per heavy atom. The Bertz CT molecular complexity index is 598. The number of hydrogen-bond donors (Lipinski definition) is 1. The molecule has 0 saturated carbocycles. The summed E-state index contributed by atoms with van der Waals surface area (Å²) in [6, 6.07) is 10.1. The number of aromatic nitrogens is 2. The van der Waals surface area contributed by atoms with E-state index in [2.05, 4.69) is 34.0 Å². The van der Waals surface area contributed by atoms with E-state index in [0.717, 1.165) is 29.0 Å². The van der Waals surface area contributed by atoms with Crippen molar-refractivity contribution >= 4 is 23.2 Å². The molecule has 1 atom stereocenters. The van der Waals surface area contributed by atoms with Gasteiger partial charge in [-0.15, -0.1) is 0 Å². The molecule has 1 N–H and O–H groups in total. The molecular weight excluding hydrogens is 284 g/mol. The number of anilines is 2. The monoisotopic (exact) mass is 304 g/mol. The molecule has 2 aromatic rings. The van der Waals surface area contributed by atoms with Crippen molar-refractivity contribution in [1.29, 1.82) is 0 Å². The Kier molecular flexibility index (Phi) is 5.02. The quantitative estimate of drug-likeness (QED) is 0.904. The van der Waals surface area contributed by atoms with Crippen LogP contribution in [0.4, 0.5) is 11.6 Å². The molecule has 1 unspecified atom stereocenters. The molecule has 0 radical (unpaired) electrons. The van der Waals surface area contributed by atoms with E-state index in [1.165, 1.54) is 5.56 Å². The van der Waals surface area contributed by atoms with Crippen LogP contribution in [0.5, 0.6) is 0 Å². The molecule has 112 valence electrons. The van der Waals surface area contributed by atoms with Crippen molar-refractivity contribution in [2.45, 2.75) is 26.8 Å². The van der Waals surface area contributed by atoms with Gasteiger partial charge in [0.15, 0.2) is 0 Å². The molecule has 2 rings (SSSR count). The molecule has 0 amide bonds. The summed E-state index contributed by atoms with van der Waals surface area (Å²) in [5, 5.41) is 3.99. The van der Waals surface area contributed by atoms with Gasteiger partial charge in [0.2, 0.25) is 0 Å². The van der Waals surface area contributed by atoms with Gasteiger partial charge in [0, 0.05) is 24.7 Å². The minimum absolute atomic E-state index is 0.200. The van der Waals surface area contributed by atoms with Gasteiger partial charge in [0.05, 0.1) is 6.04 Å². The van der Waals surface area contributed by atoms with Crippen LogP contribution in [0.1, 0.15) is 31.3 Å². The van der Waals surface area contributed by atoms with Crippen molar-refractivity contribution in [3.05, 3.63) is 46.7 Å². The Labute approximate surface area is 131 Å². The number of nitrogens with zero attached hydrogens (tertiary/aromatic N) is 3. The van der Waals surface area contributed by atoms with Crippen molar-refractivity contribution in [2.24, 2.45) is 0 Å². The summed E-state index contributed by atoms with van der Waals surface area (Å²) < 4.78 is 0. The number of nitrogens with one attached hydrogen (secondary N) is 1. The highest BCUT2D eigenvalue weighted by molar-refractivity contribution is 6.30. The fourth-order valence-electron chi connectivity index (χ4n) is 2.17. The zero-order valence-electron chi connectivity index (χ0n) is 12.9. The summed E-state index contributed by atoms with van der Waals surface area (Å²) in [6.07, 6.45) is 0. The summed E-state index contributed by atoms with van der Waals surface area (Å²) >= 11 is 5.95. The number of benzene rings is 1. The Morgan fingerprint density at radius 1 is 1.24 bits per heavy atom. The van der Waals surface area contributed by atoms with E-state index < -0.39 is 0 Å². The van der Waals surface area contributed by atoms with Crippen LogP contribution in [0.15, 0.2) is 30.3 Å². The van der Waals surface area contributed by atoms with Gasteiger partial charge < -0.3 is 10.2 Å². The van der Waals surface area contributed by atoms with Crippen LogP contribution in [0.3, 0.4) is 0 Å². The lowest BCUT2D eigenvalue weighted by Gasteiger charge is -2.27. The maximum atomic E-state index is 5.95. The highest BCUT2D eigenvalue weighted by Gasteiger charge is 2.14. The minimum Gasteiger partial charge on any atom is -0.370 e. The van der Waals surface area contributed by atoms with Gasteiger partial charge in [-0.3, -0.25) is 0 Å². The average molecular weight is 305 g/mol. The summed E-state index contributed by atoms with van der Waals surface area (Å²) in [5.41, 5.74) is 1.20. The SMILES string of the molecule is CCNc1cc(N(C)C(C)c2ccc(Cl)cc2)nc(C)n1. The molecule has 0 fully saturated rings. The fourth-order valence-corrected chi connectivity index (χ4v) is 2.29. The zero-order chi connectivity index (χ0) is 15.4. The number of aryl methyl sites for hydroxylation is 1. The first-order valence-electron chi connectivity index (χ1n) is 7.09. The standard InChI is InChI=1S/C16H21ClN4/c1-5-18-15-10-16(20-12(3)19-15)21(4)11(2)13-6-8-14(17)9-7-13/h6-11H,5H2,1-4H3,(H,18,19,20). The van der Waals surface area contributed by atoms with E-state index in [0.29, 0.717) is 0 Å². The molecule has 21 heavy (non-hydrogen) atoms. The highest BCUT2D eigenvalue weighted by Crippen LogP contribution is 2.26. The lowest BCUT2D eigenvalue weighted by Crippen LogP contribution is -2.23. The maximum absolute atomic E-state index is 5.95. The van der Waals surface area contributed by atoms with Gasteiger partial charge >= 0.3 is 0 Å². The van der Waals surface area contributed by atoms with Crippen molar-refractivity contribution in [2.75, 3.05) is 23.8 Å². The van der Waals surface area contributed by atoms with Gasteiger partial charge in [-0.2, -0.15) is 0 Å². The van der Waals surface area contributed by atoms with E-state index in [4.69, 9.17) is 11.6 Å². The predicted molar refractivity (Wildman–Crippen MR) is 89.2 cm³/mol. The molecule has 0 spiro atoms. The summed E-state index contributed by atoms with van der Waals surface area (Å²) in [5.74, 6) is 2.52. The molecule has 1 heterocycles. The van der Waals surface area contributed by atoms with Crippen LogP contribution in [0, 0.1) is 6.92 Å². The van der Waals surface area contributed by atoms with Crippen molar-refractivity contribution in [3.8, 4) is 0 Å². The molecule has 5 heteroatoms. The predicted octanol–water partition coefficient (Wildman–Crippen LogP) is 4.07. The van der Waals surface area contributed by atoms with Crippen LogP contribution in [0.25, 0.3) is 0 Å². The molecule has 0 aliphatic carbocycles. The molecule has 0 aliphatic rings. The van der Waals surface area contributed by atoms with Crippen molar-refractivity contribution < 1.29 is 0 Å². The number of hydrogen-bond acceptors (Lipinski definition) is 4. The number of rotatable bonds is 5. The first-order chi connectivity index (χ1) is 10.0. The minimum atomic E-state index is 0.200. The fraction of sp³-hybridized carbons (Fsp3) is 0.375. The summed E-state index contributed by atoms with van der Waals surface area (Å²) in [4.78, 5) is 11.0. The van der Waals surface area contributed by atoms with Gasteiger partial charge in [-0.25, -0.2) is 9.97 Å². The number of halogens is 1.